The zero-order valence-corrected chi connectivity index (χ0v) is 26.0. The molecule has 1 fully saturated rings. The quantitative estimate of drug-likeness (QED) is 0.205. The number of nitrogens with zero attached hydrogens (tertiary/aromatic N) is 6. The van der Waals surface area contributed by atoms with Crippen molar-refractivity contribution in [1.82, 2.24) is 24.4 Å². The van der Waals surface area contributed by atoms with E-state index in [-0.39, 0.29) is 57.3 Å². The van der Waals surface area contributed by atoms with Crippen molar-refractivity contribution in [3.05, 3.63) is 93.3 Å². The van der Waals surface area contributed by atoms with E-state index in [1.807, 2.05) is 38.7 Å². The lowest BCUT2D eigenvalue weighted by Gasteiger charge is -2.40. The lowest BCUT2D eigenvalue weighted by molar-refractivity contribution is -0.126. The van der Waals surface area contributed by atoms with E-state index in [1.54, 1.807) is 17.2 Å². The summed E-state index contributed by atoms with van der Waals surface area (Å²) in [5, 5.41) is 0.600. The normalized spacial score (nSPS) is 15.4. The molecule has 0 radical (unpaired) electrons. The van der Waals surface area contributed by atoms with Gasteiger partial charge in [0.25, 0.3) is 0 Å². The number of carbonyl (C=O) groups excluding carboxylic acids is 1. The van der Waals surface area contributed by atoms with E-state index in [9.17, 15) is 14.0 Å². The van der Waals surface area contributed by atoms with Gasteiger partial charge in [0.15, 0.2) is 0 Å². The minimum absolute atomic E-state index is 0.00615. The van der Waals surface area contributed by atoms with Crippen molar-refractivity contribution in [2.45, 2.75) is 46.2 Å². The third kappa shape index (κ3) is 5.24. The number of aromatic nitrogens is 4. The van der Waals surface area contributed by atoms with Gasteiger partial charge in [0.2, 0.25) is 5.91 Å². The summed E-state index contributed by atoms with van der Waals surface area (Å²) in [5.41, 5.74) is 2.07. The second-order valence-electron chi connectivity index (χ2n) is 11.5. The van der Waals surface area contributed by atoms with E-state index in [0.29, 0.717) is 30.8 Å². The SMILES string of the molecule is C=CC(=O)N1CCN(c2nc(=O)n(Cc3c(C)ccnc3C(C)C)c3nc(-c4c(F)cc(F)c5ccoc45)c(Cl)cc23)[C@@H](C)C1. The molecule has 1 aliphatic heterocycles. The predicted molar refractivity (Wildman–Crippen MR) is 170 cm³/mol. The van der Waals surface area contributed by atoms with Crippen LogP contribution in [0.2, 0.25) is 5.02 Å². The van der Waals surface area contributed by atoms with Crippen molar-refractivity contribution in [2.75, 3.05) is 24.5 Å². The van der Waals surface area contributed by atoms with Crippen LogP contribution in [0, 0.1) is 18.6 Å². The van der Waals surface area contributed by atoms with Crippen LogP contribution in [0.3, 0.4) is 0 Å². The van der Waals surface area contributed by atoms with Crippen LogP contribution < -0.4 is 10.6 Å². The Morgan fingerprint density at radius 2 is 1.96 bits per heavy atom. The number of fused-ring (bicyclic) bond motifs is 2. The second-order valence-corrected chi connectivity index (χ2v) is 12.0. The topological polar surface area (TPSA) is 97.4 Å². The second kappa shape index (κ2) is 11.7. The molecular formula is C33H31ClF2N6O3. The molecule has 1 aliphatic rings. The Bertz CT molecular complexity index is 2060. The molecule has 1 aromatic carbocycles. The Morgan fingerprint density at radius 3 is 2.67 bits per heavy atom. The molecule has 0 unspecified atom stereocenters. The molecule has 1 saturated heterocycles. The maximum Gasteiger partial charge on any atom is 0.351 e. The Labute approximate surface area is 262 Å². The van der Waals surface area contributed by atoms with Gasteiger partial charge in [-0.25, -0.2) is 18.6 Å². The van der Waals surface area contributed by atoms with Crippen LogP contribution >= 0.6 is 11.6 Å². The fraction of sp³-hybridized carbons (Fsp3) is 0.303. The third-order valence-corrected chi connectivity index (χ3v) is 8.62. The zero-order valence-electron chi connectivity index (χ0n) is 25.3. The van der Waals surface area contributed by atoms with Crippen LogP contribution in [0.5, 0.6) is 0 Å². The maximum absolute atomic E-state index is 15.5. The lowest BCUT2D eigenvalue weighted by Crippen LogP contribution is -2.54. The number of benzene rings is 1. The molecule has 6 rings (SSSR count). The van der Waals surface area contributed by atoms with Crippen LogP contribution in [0.15, 0.2) is 58.6 Å². The molecule has 45 heavy (non-hydrogen) atoms. The third-order valence-electron chi connectivity index (χ3n) is 8.34. The van der Waals surface area contributed by atoms with Crippen LogP contribution in [-0.2, 0) is 11.3 Å². The van der Waals surface area contributed by atoms with Gasteiger partial charge in [-0.1, -0.05) is 32.0 Å². The van der Waals surface area contributed by atoms with Gasteiger partial charge >= 0.3 is 5.69 Å². The number of piperazine rings is 1. The smallest absolute Gasteiger partial charge is 0.351 e. The first kappa shape index (κ1) is 30.4. The Hall–Kier alpha value is -4.64. The highest BCUT2D eigenvalue weighted by Crippen LogP contribution is 2.39. The molecule has 0 N–H and O–H groups in total. The number of rotatable bonds is 6. The summed E-state index contributed by atoms with van der Waals surface area (Å²) < 4.78 is 37.0. The Kier molecular flexibility index (Phi) is 7.90. The van der Waals surface area contributed by atoms with Gasteiger partial charge in [0, 0.05) is 43.6 Å². The van der Waals surface area contributed by atoms with Crippen LogP contribution in [0.25, 0.3) is 33.3 Å². The summed E-state index contributed by atoms with van der Waals surface area (Å²) in [6.07, 6.45) is 4.27. The summed E-state index contributed by atoms with van der Waals surface area (Å²) in [7, 11) is 0. The number of furan rings is 1. The van der Waals surface area contributed by atoms with Crippen molar-refractivity contribution in [3.63, 3.8) is 0 Å². The average Bonchev–Trinajstić information content (AvgIpc) is 3.49. The van der Waals surface area contributed by atoms with Gasteiger partial charge in [-0.2, -0.15) is 4.98 Å². The van der Waals surface area contributed by atoms with E-state index in [2.05, 4.69) is 16.5 Å². The molecule has 0 aliphatic carbocycles. The standard InChI is InChI=1S/C33H31ClF2N6O3/c1-6-26(43)40-10-11-41(19(5)15-40)32-21-13-23(34)29(27-25(36)14-24(35)20-8-12-45-30(20)27)38-31(21)42(33(44)39-32)16-22-18(4)7-9-37-28(22)17(2)3/h6-9,12-14,17,19H,1,10-11,15-16H2,2-5H3/t19-/m0/s1. The first-order chi connectivity index (χ1) is 21.5. The first-order valence-electron chi connectivity index (χ1n) is 14.6. The number of carbonyl (C=O) groups is 1. The van der Waals surface area contributed by atoms with Gasteiger partial charge in [-0.3, -0.25) is 14.3 Å². The fourth-order valence-corrected chi connectivity index (χ4v) is 6.29. The number of halogens is 3. The van der Waals surface area contributed by atoms with E-state index >= 15 is 4.39 Å². The van der Waals surface area contributed by atoms with E-state index < -0.39 is 17.3 Å². The molecule has 1 amide bonds. The number of hydrogen-bond acceptors (Lipinski definition) is 7. The van der Waals surface area contributed by atoms with Crippen LogP contribution in [-0.4, -0.2) is 56.0 Å². The molecule has 1 atom stereocenters. The molecule has 5 aromatic rings. The van der Waals surface area contributed by atoms with Crippen molar-refractivity contribution < 1.29 is 18.0 Å². The molecule has 5 heterocycles. The van der Waals surface area contributed by atoms with Crippen LogP contribution in [0.1, 0.15) is 43.5 Å². The van der Waals surface area contributed by atoms with Crippen molar-refractivity contribution in [3.8, 4) is 11.3 Å². The van der Waals surface area contributed by atoms with Gasteiger partial charge in [0.05, 0.1) is 39.9 Å². The number of aryl methyl sites for hydroxylation is 1. The van der Waals surface area contributed by atoms with E-state index in [0.717, 1.165) is 22.9 Å². The van der Waals surface area contributed by atoms with Crippen molar-refractivity contribution >= 4 is 45.3 Å². The van der Waals surface area contributed by atoms with E-state index in [1.165, 1.54) is 23.0 Å². The highest BCUT2D eigenvalue weighted by atomic mass is 35.5. The Morgan fingerprint density at radius 1 is 1.18 bits per heavy atom. The molecule has 0 spiro atoms. The first-order valence-corrected chi connectivity index (χ1v) is 15.0. The molecule has 0 bridgehead atoms. The number of anilines is 1. The molecule has 0 saturated carbocycles. The summed E-state index contributed by atoms with van der Waals surface area (Å²) in [6, 6.07) is 5.43. The zero-order chi connectivity index (χ0) is 32.2. The molecule has 4 aromatic heterocycles. The van der Waals surface area contributed by atoms with E-state index in [4.69, 9.17) is 21.0 Å². The van der Waals surface area contributed by atoms with Gasteiger partial charge < -0.3 is 14.2 Å². The predicted octanol–water partition coefficient (Wildman–Crippen LogP) is 6.23. The van der Waals surface area contributed by atoms with Gasteiger partial charge in [-0.15, -0.1) is 0 Å². The van der Waals surface area contributed by atoms with Gasteiger partial charge in [-0.05, 0) is 55.2 Å². The maximum atomic E-state index is 15.5. The van der Waals surface area contributed by atoms with Crippen LogP contribution in [0.4, 0.5) is 14.6 Å². The summed E-state index contributed by atoms with van der Waals surface area (Å²) in [6.45, 7) is 12.8. The molecule has 232 valence electrons. The van der Waals surface area contributed by atoms with Gasteiger partial charge in [0.1, 0.15) is 28.7 Å². The molecule has 9 nitrogen and oxygen atoms in total. The number of pyridine rings is 2. The highest BCUT2D eigenvalue weighted by Gasteiger charge is 2.30. The summed E-state index contributed by atoms with van der Waals surface area (Å²) >= 11 is 6.82. The Balaban J connectivity index is 1.61. The minimum atomic E-state index is -0.909. The van der Waals surface area contributed by atoms with Crippen molar-refractivity contribution in [1.29, 1.82) is 0 Å². The fourth-order valence-electron chi connectivity index (χ4n) is 6.04. The highest BCUT2D eigenvalue weighted by molar-refractivity contribution is 6.34. The summed E-state index contributed by atoms with van der Waals surface area (Å²) in [4.78, 5) is 43.8. The number of hydrogen-bond donors (Lipinski definition) is 0. The summed E-state index contributed by atoms with van der Waals surface area (Å²) in [5.74, 6) is -1.45. The molecular weight excluding hydrogens is 602 g/mol. The largest absolute Gasteiger partial charge is 0.463 e. The van der Waals surface area contributed by atoms with Crippen molar-refractivity contribution in [2.24, 2.45) is 0 Å². The lowest BCUT2D eigenvalue weighted by atomic mass is 9.99. The monoisotopic (exact) mass is 632 g/mol. The average molecular weight is 633 g/mol. The molecule has 12 heteroatoms. The number of amides is 1. The minimum Gasteiger partial charge on any atom is -0.463 e.